The zero-order valence-corrected chi connectivity index (χ0v) is 10.9. The number of aryl methyl sites for hydroxylation is 1. The number of nitrogens with two attached hydrogens (primary N) is 1. The van der Waals surface area contributed by atoms with Crippen LogP contribution in [-0.4, -0.2) is 45.4 Å². The number of aromatic nitrogens is 3. The topological polar surface area (TPSA) is 59.5 Å². The lowest BCUT2D eigenvalue weighted by molar-refractivity contribution is 0.221. The first-order valence-corrected chi connectivity index (χ1v) is 6.38. The Kier molecular flexibility index (Phi) is 2.80. The molecule has 2 N–H and O–H groups in total. The van der Waals surface area contributed by atoms with Crippen LogP contribution in [0.1, 0.15) is 23.9 Å². The zero-order chi connectivity index (χ0) is 12.7. The van der Waals surface area contributed by atoms with E-state index in [9.17, 15) is 0 Å². The summed E-state index contributed by atoms with van der Waals surface area (Å²) < 4.78 is 2.09. The SMILES string of the molecule is Cc1cc2nccn2c(C2CC(N)CN(C)C2)n1. The molecule has 2 aromatic rings. The van der Waals surface area contributed by atoms with E-state index in [1.54, 1.807) is 0 Å². The summed E-state index contributed by atoms with van der Waals surface area (Å²) in [6, 6.07) is 2.24. The normalized spacial score (nSPS) is 25.7. The van der Waals surface area contributed by atoms with Gasteiger partial charge in [-0.05, 0) is 20.4 Å². The Morgan fingerprint density at radius 1 is 1.39 bits per heavy atom. The summed E-state index contributed by atoms with van der Waals surface area (Å²) in [6.07, 6.45) is 4.80. The molecule has 0 spiro atoms. The molecule has 0 aliphatic carbocycles. The summed E-state index contributed by atoms with van der Waals surface area (Å²) >= 11 is 0. The number of fused-ring (bicyclic) bond motifs is 1. The van der Waals surface area contributed by atoms with Gasteiger partial charge in [-0.1, -0.05) is 0 Å². The fourth-order valence-electron chi connectivity index (χ4n) is 2.91. The van der Waals surface area contributed by atoms with Gasteiger partial charge in [-0.15, -0.1) is 0 Å². The molecule has 1 saturated heterocycles. The number of piperidine rings is 1. The molecule has 0 saturated carbocycles. The van der Waals surface area contributed by atoms with Crippen molar-refractivity contribution >= 4 is 5.65 Å². The maximum atomic E-state index is 6.12. The van der Waals surface area contributed by atoms with Crippen molar-refractivity contribution in [2.45, 2.75) is 25.3 Å². The van der Waals surface area contributed by atoms with Crippen LogP contribution in [0.3, 0.4) is 0 Å². The smallest absolute Gasteiger partial charge is 0.139 e. The average Bonchev–Trinajstić information content (AvgIpc) is 2.74. The molecule has 1 aliphatic heterocycles. The van der Waals surface area contributed by atoms with Crippen LogP contribution >= 0.6 is 0 Å². The molecular formula is C13H19N5. The van der Waals surface area contributed by atoms with E-state index in [2.05, 4.69) is 21.3 Å². The van der Waals surface area contributed by atoms with Crippen molar-refractivity contribution in [1.29, 1.82) is 0 Å². The van der Waals surface area contributed by atoms with Crippen molar-refractivity contribution in [2.24, 2.45) is 5.73 Å². The quantitative estimate of drug-likeness (QED) is 0.806. The Labute approximate surface area is 107 Å². The summed E-state index contributed by atoms with van der Waals surface area (Å²) in [6.45, 7) is 4.00. The highest BCUT2D eigenvalue weighted by molar-refractivity contribution is 5.40. The summed E-state index contributed by atoms with van der Waals surface area (Å²) in [4.78, 5) is 11.3. The molecule has 96 valence electrons. The van der Waals surface area contributed by atoms with Crippen molar-refractivity contribution in [2.75, 3.05) is 20.1 Å². The van der Waals surface area contributed by atoms with Gasteiger partial charge < -0.3 is 10.6 Å². The fourth-order valence-corrected chi connectivity index (χ4v) is 2.91. The third-order valence-corrected chi connectivity index (χ3v) is 3.58. The molecule has 0 amide bonds. The van der Waals surface area contributed by atoms with E-state index in [4.69, 9.17) is 10.7 Å². The van der Waals surface area contributed by atoms with Crippen LogP contribution in [0.2, 0.25) is 0 Å². The minimum absolute atomic E-state index is 0.231. The van der Waals surface area contributed by atoms with Crippen molar-refractivity contribution in [3.8, 4) is 0 Å². The lowest BCUT2D eigenvalue weighted by Crippen LogP contribution is -2.44. The van der Waals surface area contributed by atoms with Crippen LogP contribution in [0.5, 0.6) is 0 Å². The van der Waals surface area contributed by atoms with Gasteiger partial charge in [-0.2, -0.15) is 0 Å². The van der Waals surface area contributed by atoms with E-state index in [1.807, 2.05) is 25.4 Å². The van der Waals surface area contributed by atoms with Gasteiger partial charge in [0.15, 0.2) is 0 Å². The summed E-state index contributed by atoms with van der Waals surface area (Å²) in [5.74, 6) is 1.47. The van der Waals surface area contributed by atoms with Gasteiger partial charge in [0, 0.05) is 49.2 Å². The van der Waals surface area contributed by atoms with Crippen molar-refractivity contribution in [3.05, 3.63) is 30.0 Å². The number of nitrogens with zero attached hydrogens (tertiary/aromatic N) is 4. The molecule has 2 atom stereocenters. The second-order valence-electron chi connectivity index (χ2n) is 5.33. The molecule has 2 unspecified atom stereocenters. The standard InChI is InChI=1S/C13H19N5/c1-9-5-12-15-3-4-18(12)13(16-9)10-6-11(14)8-17(2)7-10/h3-5,10-11H,6-8,14H2,1-2H3. The van der Waals surface area contributed by atoms with Crippen LogP contribution in [-0.2, 0) is 0 Å². The van der Waals surface area contributed by atoms with Gasteiger partial charge in [0.05, 0.1) is 0 Å². The molecule has 0 bridgehead atoms. The highest BCUT2D eigenvalue weighted by Gasteiger charge is 2.26. The number of rotatable bonds is 1. The fraction of sp³-hybridized carbons (Fsp3) is 0.538. The Bertz CT molecular complexity index is 552. The minimum Gasteiger partial charge on any atom is -0.327 e. The predicted molar refractivity (Wildman–Crippen MR) is 70.6 cm³/mol. The van der Waals surface area contributed by atoms with Crippen LogP contribution in [0, 0.1) is 6.92 Å². The second-order valence-corrected chi connectivity index (χ2v) is 5.33. The predicted octanol–water partition coefficient (Wildman–Crippen LogP) is 0.784. The lowest BCUT2D eigenvalue weighted by atomic mass is 9.94. The minimum atomic E-state index is 0.231. The van der Waals surface area contributed by atoms with Crippen LogP contribution < -0.4 is 5.73 Å². The van der Waals surface area contributed by atoms with E-state index in [0.29, 0.717) is 5.92 Å². The van der Waals surface area contributed by atoms with Crippen molar-refractivity contribution in [1.82, 2.24) is 19.3 Å². The molecule has 5 nitrogen and oxygen atoms in total. The molecule has 1 aliphatic rings. The van der Waals surface area contributed by atoms with Crippen molar-refractivity contribution in [3.63, 3.8) is 0 Å². The van der Waals surface area contributed by atoms with E-state index >= 15 is 0 Å². The Hall–Kier alpha value is -1.46. The van der Waals surface area contributed by atoms with Gasteiger partial charge in [0.1, 0.15) is 11.5 Å². The third-order valence-electron chi connectivity index (χ3n) is 3.58. The molecule has 0 radical (unpaired) electrons. The Morgan fingerprint density at radius 2 is 2.22 bits per heavy atom. The highest BCUT2D eigenvalue weighted by Crippen LogP contribution is 2.25. The van der Waals surface area contributed by atoms with E-state index < -0.39 is 0 Å². The average molecular weight is 245 g/mol. The number of likely N-dealkylation sites (N-methyl/N-ethyl adjacent to an activating group) is 1. The van der Waals surface area contributed by atoms with Crippen LogP contribution in [0.4, 0.5) is 0 Å². The Morgan fingerprint density at radius 3 is 3.00 bits per heavy atom. The highest BCUT2D eigenvalue weighted by atomic mass is 15.1. The molecule has 3 heterocycles. The second kappa shape index (κ2) is 4.33. The van der Waals surface area contributed by atoms with Crippen LogP contribution in [0.15, 0.2) is 18.5 Å². The molecule has 0 aromatic carbocycles. The van der Waals surface area contributed by atoms with Gasteiger partial charge in [0.25, 0.3) is 0 Å². The van der Waals surface area contributed by atoms with E-state index in [-0.39, 0.29) is 6.04 Å². The number of hydrogen-bond acceptors (Lipinski definition) is 4. The molecule has 1 fully saturated rings. The number of likely N-dealkylation sites (tertiary alicyclic amines) is 1. The number of imidazole rings is 1. The van der Waals surface area contributed by atoms with Gasteiger partial charge in [-0.25, -0.2) is 9.97 Å². The molecular weight excluding hydrogens is 226 g/mol. The van der Waals surface area contributed by atoms with Gasteiger partial charge in [0.2, 0.25) is 0 Å². The molecule has 3 rings (SSSR count). The Balaban J connectivity index is 2.05. The zero-order valence-electron chi connectivity index (χ0n) is 10.9. The summed E-state index contributed by atoms with van der Waals surface area (Å²) in [5, 5.41) is 0. The molecule has 5 heteroatoms. The molecule has 2 aromatic heterocycles. The van der Waals surface area contributed by atoms with E-state index in [1.165, 1.54) is 0 Å². The lowest BCUT2D eigenvalue weighted by Gasteiger charge is -2.33. The van der Waals surface area contributed by atoms with Gasteiger partial charge in [-0.3, -0.25) is 4.40 Å². The summed E-state index contributed by atoms with van der Waals surface area (Å²) in [7, 11) is 2.12. The molecule has 18 heavy (non-hydrogen) atoms. The van der Waals surface area contributed by atoms with Crippen molar-refractivity contribution < 1.29 is 0 Å². The summed E-state index contributed by atoms with van der Waals surface area (Å²) in [5.41, 5.74) is 8.11. The first kappa shape index (κ1) is 11.6. The van der Waals surface area contributed by atoms with Gasteiger partial charge >= 0.3 is 0 Å². The van der Waals surface area contributed by atoms with E-state index in [0.717, 1.165) is 36.7 Å². The number of hydrogen-bond donors (Lipinski definition) is 1. The first-order valence-electron chi connectivity index (χ1n) is 6.38. The maximum Gasteiger partial charge on any atom is 0.139 e. The monoisotopic (exact) mass is 245 g/mol. The first-order chi connectivity index (χ1) is 8.63. The van der Waals surface area contributed by atoms with Crippen LogP contribution in [0.25, 0.3) is 5.65 Å². The third kappa shape index (κ3) is 2.00. The maximum absolute atomic E-state index is 6.12. The largest absolute Gasteiger partial charge is 0.327 e.